The summed E-state index contributed by atoms with van der Waals surface area (Å²) in [7, 11) is 0. The number of nitrogens with zero attached hydrogens (tertiary/aromatic N) is 3. The van der Waals surface area contributed by atoms with Crippen LogP contribution in [0.3, 0.4) is 0 Å². The van der Waals surface area contributed by atoms with Crippen molar-refractivity contribution in [3.8, 4) is 0 Å². The Morgan fingerprint density at radius 3 is 2.79 bits per heavy atom. The van der Waals surface area contributed by atoms with Crippen LogP contribution in [-0.4, -0.2) is 32.1 Å². The van der Waals surface area contributed by atoms with Gasteiger partial charge >= 0.3 is 5.97 Å². The van der Waals surface area contributed by atoms with Crippen LogP contribution in [0.4, 0.5) is 0 Å². The van der Waals surface area contributed by atoms with Crippen LogP contribution in [0.5, 0.6) is 0 Å². The van der Waals surface area contributed by atoms with Crippen LogP contribution in [-0.2, 0) is 11.3 Å². The number of hydrogen-bond acceptors (Lipinski definition) is 6. The normalized spacial score (nSPS) is 15.7. The Balaban J connectivity index is 1.52. The van der Waals surface area contributed by atoms with Gasteiger partial charge in [0.15, 0.2) is 5.82 Å². The van der Waals surface area contributed by atoms with E-state index < -0.39 is 5.97 Å². The molecule has 8 heteroatoms. The molecule has 2 N–H and O–H groups in total. The summed E-state index contributed by atoms with van der Waals surface area (Å²) in [5.74, 6) is -0.0921. The average molecular weight is 400 g/mol. The predicted molar refractivity (Wildman–Crippen MR) is 105 cm³/mol. The van der Waals surface area contributed by atoms with Gasteiger partial charge in [-0.3, -0.25) is 14.6 Å². The lowest BCUT2D eigenvalue weighted by atomic mass is 9.84. The molecular weight excluding hydrogens is 372 g/mol. The fraction of sp³-hybridized carbons (Fsp3) is 0.571. The smallest absolute Gasteiger partial charge is 0.304 e. The minimum Gasteiger partial charge on any atom is -0.481 e. The van der Waals surface area contributed by atoms with Gasteiger partial charge in [-0.15, -0.1) is 0 Å². The molecule has 0 bridgehead atoms. The molecule has 1 atom stereocenters. The van der Waals surface area contributed by atoms with Crippen molar-refractivity contribution in [3.63, 3.8) is 0 Å². The van der Waals surface area contributed by atoms with Gasteiger partial charge in [-0.1, -0.05) is 56.2 Å². The molecule has 0 aliphatic heterocycles. The van der Waals surface area contributed by atoms with Gasteiger partial charge < -0.3 is 14.9 Å². The Hall–Kier alpha value is -2.77. The van der Waals surface area contributed by atoms with Crippen molar-refractivity contribution >= 4 is 11.9 Å². The van der Waals surface area contributed by atoms with E-state index in [2.05, 4.69) is 20.4 Å². The SMILES string of the molecule is O=C(O)CC(CCCC1CCCCC1)c1nc(CNC(=O)c2ccccn2)no1. The Morgan fingerprint density at radius 2 is 2.07 bits per heavy atom. The first-order valence-electron chi connectivity index (χ1n) is 10.4. The minimum absolute atomic E-state index is 0.0351. The average Bonchev–Trinajstić information content (AvgIpc) is 3.21. The highest BCUT2D eigenvalue weighted by Gasteiger charge is 2.23. The van der Waals surface area contributed by atoms with Crippen LogP contribution in [0.2, 0.25) is 0 Å². The first-order chi connectivity index (χ1) is 14.1. The summed E-state index contributed by atoms with van der Waals surface area (Å²) in [4.78, 5) is 31.6. The van der Waals surface area contributed by atoms with E-state index in [0.717, 1.165) is 18.8 Å². The van der Waals surface area contributed by atoms with Crippen LogP contribution >= 0.6 is 0 Å². The maximum atomic E-state index is 12.1. The highest BCUT2D eigenvalue weighted by atomic mass is 16.5. The zero-order chi connectivity index (χ0) is 20.5. The molecule has 2 aromatic rings. The summed E-state index contributed by atoms with van der Waals surface area (Å²) in [6.07, 6.45) is 10.8. The number of aliphatic carboxylic acids is 1. The minimum atomic E-state index is -0.879. The number of carboxylic acids is 1. The molecule has 1 amide bonds. The van der Waals surface area contributed by atoms with Crippen molar-refractivity contribution in [1.29, 1.82) is 0 Å². The van der Waals surface area contributed by atoms with Crippen molar-refractivity contribution in [1.82, 2.24) is 20.4 Å². The number of rotatable bonds is 10. The number of carbonyl (C=O) groups is 2. The zero-order valence-electron chi connectivity index (χ0n) is 16.5. The Kier molecular flexibility index (Phi) is 7.72. The van der Waals surface area contributed by atoms with E-state index in [4.69, 9.17) is 4.52 Å². The van der Waals surface area contributed by atoms with E-state index in [9.17, 15) is 14.7 Å². The van der Waals surface area contributed by atoms with Gasteiger partial charge in [0.05, 0.1) is 13.0 Å². The molecular formula is C21H28N4O4. The maximum absolute atomic E-state index is 12.1. The second-order valence-electron chi connectivity index (χ2n) is 7.68. The summed E-state index contributed by atoms with van der Waals surface area (Å²) in [5, 5.41) is 15.8. The molecule has 1 saturated carbocycles. The highest BCUT2D eigenvalue weighted by Crippen LogP contribution is 2.31. The molecule has 2 heterocycles. The molecule has 0 saturated heterocycles. The number of hydrogen-bond donors (Lipinski definition) is 2. The van der Waals surface area contributed by atoms with Gasteiger partial charge in [0.1, 0.15) is 5.69 Å². The summed E-state index contributed by atoms with van der Waals surface area (Å²) in [6.45, 7) is 0.0980. The molecule has 8 nitrogen and oxygen atoms in total. The molecule has 1 aliphatic rings. The Labute approximate surface area is 170 Å². The monoisotopic (exact) mass is 400 g/mol. The molecule has 1 aliphatic carbocycles. The number of pyridine rings is 1. The fourth-order valence-corrected chi connectivity index (χ4v) is 3.90. The molecule has 0 aromatic carbocycles. The third-order valence-electron chi connectivity index (χ3n) is 5.45. The molecule has 1 unspecified atom stereocenters. The largest absolute Gasteiger partial charge is 0.481 e. The van der Waals surface area contributed by atoms with Crippen LogP contribution in [0.1, 0.15) is 85.9 Å². The second-order valence-corrected chi connectivity index (χ2v) is 7.68. The molecule has 2 aromatic heterocycles. The van der Waals surface area contributed by atoms with Gasteiger partial charge in [0, 0.05) is 12.1 Å². The number of nitrogens with one attached hydrogen (secondary N) is 1. The van der Waals surface area contributed by atoms with Crippen LogP contribution in [0.25, 0.3) is 0 Å². The highest BCUT2D eigenvalue weighted by molar-refractivity contribution is 5.92. The zero-order valence-corrected chi connectivity index (χ0v) is 16.5. The van der Waals surface area contributed by atoms with Crippen molar-refractivity contribution in [2.75, 3.05) is 0 Å². The quantitative estimate of drug-likeness (QED) is 0.624. The first-order valence-corrected chi connectivity index (χ1v) is 10.4. The number of aromatic nitrogens is 3. The second kappa shape index (κ2) is 10.7. The van der Waals surface area contributed by atoms with Crippen molar-refractivity contribution in [2.24, 2.45) is 5.92 Å². The summed E-state index contributed by atoms with van der Waals surface area (Å²) in [5.41, 5.74) is 0.308. The van der Waals surface area contributed by atoms with Gasteiger partial charge in [-0.2, -0.15) is 4.98 Å². The van der Waals surface area contributed by atoms with E-state index >= 15 is 0 Å². The van der Waals surface area contributed by atoms with Gasteiger partial charge in [-0.25, -0.2) is 0 Å². The lowest BCUT2D eigenvalue weighted by Gasteiger charge is -2.21. The van der Waals surface area contributed by atoms with E-state index in [-0.39, 0.29) is 24.8 Å². The predicted octanol–water partition coefficient (Wildman–Crippen LogP) is 3.70. The van der Waals surface area contributed by atoms with Crippen molar-refractivity contribution < 1.29 is 19.2 Å². The molecule has 3 rings (SSSR count). The Morgan fingerprint density at radius 1 is 1.24 bits per heavy atom. The number of carboxylic acid groups (broad SMARTS) is 1. The topological polar surface area (TPSA) is 118 Å². The molecule has 0 radical (unpaired) electrons. The van der Waals surface area contributed by atoms with Crippen molar-refractivity contribution in [2.45, 2.75) is 70.3 Å². The fourth-order valence-electron chi connectivity index (χ4n) is 3.90. The van der Waals surface area contributed by atoms with E-state index in [0.29, 0.717) is 23.8 Å². The number of amides is 1. The molecule has 156 valence electrons. The maximum Gasteiger partial charge on any atom is 0.304 e. The summed E-state index contributed by atoms with van der Waals surface area (Å²) in [6, 6.07) is 5.09. The lowest BCUT2D eigenvalue weighted by molar-refractivity contribution is -0.137. The standard InChI is InChI=1S/C21H28N4O4/c26-19(27)13-16(10-6-9-15-7-2-1-3-8-15)21-24-18(25-29-21)14-23-20(28)17-11-4-5-12-22-17/h4-5,11-12,15-16H,1-3,6-10,13-14H2,(H,23,28)(H,26,27). The Bertz CT molecular complexity index is 787. The first kappa shape index (κ1) is 21.0. The van der Waals surface area contributed by atoms with E-state index in [1.165, 1.54) is 32.1 Å². The lowest BCUT2D eigenvalue weighted by Crippen LogP contribution is -2.24. The molecule has 1 fully saturated rings. The van der Waals surface area contributed by atoms with E-state index in [1.807, 2.05) is 0 Å². The van der Waals surface area contributed by atoms with E-state index in [1.54, 1.807) is 24.4 Å². The van der Waals surface area contributed by atoms with Crippen LogP contribution < -0.4 is 5.32 Å². The van der Waals surface area contributed by atoms with Gasteiger partial charge in [-0.05, 0) is 24.5 Å². The third kappa shape index (κ3) is 6.66. The number of carbonyl (C=O) groups excluding carboxylic acids is 1. The van der Waals surface area contributed by atoms with Gasteiger partial charge in [0.25, 0.3) is 5.91 Å². The van der Waals surface area contributed by atoms with Gasteiger partial charge in [0.2, 0.25) is 5.89 Å². The molecule has 29 heavy (non-hydrogen) atoms. The van der Waals surface area contributed by atoms with Crippen molar-refractivity contribution in [3.05, 3.63) is 41.8 Å². The summed E-state index contributed by atoms with van der Waals surface area (Å²) >= 11 is 0. The van der Waals surface area contributed by atoms with Crippen LogP contribution in [0, 0.1) is 5.92 Å². The van der Waals surface area contributed by atoms with Crippen LogP contribution in [0.15, 0.2) is 28.9 Å². The summed E-state index contributed by atoms with van der Waals surface area (Å²) < 4.78 is 5.32. The molecule has 0 spiro atoms. The third-order valence-corrected chi connectivity index (χ3v) is 5.45.